The summed E-state index contributed by atoms with van der Waals surface area (Å²) >= 11 is 0. The fourth-order valence-corrected chi connectivity index (χ4v) is 8.27. The molecule has 0 spiro atoms. The Bertz CT molecular complexity index is 1670. The van der Waals surface area contributed by atoms with Gasteiger partial charge in [-0.05, 0) is 58.4 Å². The molecule has 0 atom stereocenters. The predicted octanol–water partition coefficient (Wildman–Crippen LogP) is 7.89. The van der Waals surface area contributed by atoms with Gasteiger partial charge in [-0.2, -0.15) is 0 Å². The van der Waals surface area contributed by atoms with E-state index in [9.17, 15) is 0 Å². The molecule has 0 saturated heterocycles. The maximum absolute atomic E-state index is 2.45. The molecule has 0 saturated carbocycles. The summed E-state index contributed by atoms with van der Waals surface area (Å²) < 4.78 is 2.45. The van der Waals surface area contributed by atoms with Crippen LogP contribution in [0.3, 0.4) is 0 Å². The van der Waals surface area contributed by atoms with Crippen LogP contribution >= 0.6 is 0 Å². The molecule has 1 radical (unpaired) electrons. The lowest BCUT2D eigenvalue weighted by Gasteiger charge is -2.19. The van der Waals surface area contributed by atoms with Gasteiger partial charge in [-0.15, -0.1) is 0 Å². The van der Waals surface area contributed by atoms with Gasteiger partial charge in [-0.1, -0.05) is 142 Å². The van der Waals surface area contributed by atoms with Gasteiger partial charge in [-0.25, -0.2) is 0 Å². The van der Waals surface area contributed by atoms with E-state index < -0.39 is 8.80 Å². The molecule has 199 valence electrons. The quantitative estimate of drug-likeness (QED) is 0.159. The summed E-state index contributed by atoms with van der Waals surface area (Å²) in [5.74, 6) is 0. The zero-order valence-electron chi connectivity index (χ0n) is 24.5. The minimum Gasteiger partial charge on any atom is -0.309 e. The Balaban J connectivity index is 1.53. The summed E-state index contributed by atoms with van der Waals surface area (Å²) in [6.45, 7) is 13.8. The van der Waals surface area contributed by atoms with Gasteiger partial charge in [-0.3, -0.25) is 0 Å². The third-order valence-corrected chi connectivity index (χ3v) is 10.8. The van der Waals surface area contributed by atoms with E-state index in [-0.39, 0.29) is 10.8 Å². The highest BCUT2D eigenvalue weighted by Gasteiger charge is 2.22. The molecule has 6 rings (SSSR count). The zero-order chi connectivity index (χ0) is 28.1. The van der Waals surface area contributed by atoms with E-state index in [1.807, 2.05) is 0 Å². The number of aromatic nitrogens is 1. The Morgan fingerprint density at radius 2 is 0.850 bits per heavy atom. The molecule has 0 N–H and O–H groups in total. The fourth-order valence-electron chi connectivity index (χ4n) is 5.72. The predicted molar refractivity (Wildman–Crippen MR) is 176 cm³/mol. The Kier molecular flexibility index (Phi) is 6.55. The monoisotopic (exact) mass is 536 g/mol. The lowest BCUT2D eigenvalue weighted by molar-refractivity contribution is 0.590. The van der Waals surface area contributed by atoms with E-state index in [4.69, 9.17) is 0 Å². The number of fused-ring (bicyclic) bond motifs is 3. The van der Waals surface area contributed by atoms with Crippen molar-refractivity contribution in [3.63, 3.8) is 0 Å². The molecule has 0 aliphatic rings. The number of benzene rings is 5. The van der Waals surface area contributed by atoms with Gasteiger partial charge in [0.05, 0.1) is 11.0 Å². The standard InChI is InChI=1S/C38H38NSi/c1-37(2,3)27-17-23-35-33(25-27)34-26-28(38(4,5)6)18-24-36(34)39(35)29-19-21-32(22-20-29)40(30-13-9-7-10-14-30)31-15-11-8-12-16-31/h7-26H,1-6H3. The minimum atomic E-state index is -1.10. The Labute approximate surface area is 240 Å². The maximum atomic E-state index is 2.45. The molecular weight excluding hydrogens is 499 g/mol. The summed E-state index contributed by atoms with van der Waals surface area (Å²) in [6.07, 6.45) is 0. The van der Waals surface area contributed by atoms with Gasteiger partial charge in [0.15, 0.2) is 8.80 Å². The molecular formula is C38H38NSi. The van der Waals surface area contributed by atoms with Crippen molar-refractivity contribution in [1.29, 1.82) is 0 Å². The van der Waals surface area contributed by atoms with Crippen LogP contribution in [0.2, 0.25) is 0 Å². The summed E-state index contributed by atoms with van der Waals surface area (Å²) in [6, 6.07) is 45.4. The highest BCUT2D eigenvalue weighted by atomic mass is 28.3. The van der Waals surface area contributed by atoms with Crippen molar-refractivity contribution in [1.82, 2.24) is 4.57 Å². The summed E-state index contributed by atoms with van der Waals surface area (Å²) in [5, 5.41) is 6.88. The van der Waals surface area contributed by atoms with Crippen molar-refractivity contribution < 1.29 is 0 Å². The van der Waals surface area contributed by atoms with Crippen LogP contribution in [0.1, 0.15) is 52.7 Å². The molecule has 0 aliphatic heterocycles. The third kappa shape index (κ3) is 4.82. The highest BCUT2D eigenvalue weighted by molar-refractivity contribution is 6.95. The largest absolute Gasteiger partial charge is 0.309 e. The average molecular weight is 537 g/mol. The molecule has 0 unspecified atom stereocenters. The summed E-state index contributed by atoms with van der Waals surface area (Å²) in [7, 11) is -1.10. The second kappa shape index (κ2) is 9.94. The number of hydrogen-bond donors (Lipinski definition) is 0. The molecule has 6 aromatic rings. The lowest BCUT2D eigenvalue weighted by Crippen LogP contribution is -2.51. The van der Waals surface area contributed by atoms with Gasteiger partial charge < -0.3 is 4.57 Å². The van der Waals surface area contributed by atoms with Crippen molar-refractivity contribution in [2.45, 2.75) is 52.4 Å². The van der Waals surface area contributed by atoms with Crippen LogP contribution in [-0.4, -0.2) is 13.4 Å². The van der Waals surface area contributed by atoms with Crippen LogP contribution < -0.4 is 15.6 Å². The first kappa shape index (κ1) is 26.3. The van der Waals surface area contributed by atoms with E-state index in [0.29, 0.717) is 0 Å². The minimum absolute atomic E-state index is 0.0964. The fraction of sp³-hybridized carbons (Fsp3) is 0.211. The second-order valence-electron chi connectivity index (χ2n) is 13.0. The number of hydrogen-bond acceptors (Lipinski definition) is 0. The van der Waals surface area contributed by atoms with Crippen molar-refractivity contribution in [2.24, 2.45) is 0 Å². The molecule has 0 amide bonds. The van der Waals surface area contributed by atoms with Crippen molar-refractivity contribution >= 4 is 46.2 Å². The summed E-state index contributed by atoms with van der Waals surface area (Å²) in [4.78, 5) is 0. The van der Waals surface area contributed by atoms with Crippen molar-refractivity contribution in [2.75, 3.05) is 0 Å². The molecule has 2 heteroatoms. The van der Waals surface area contributed by atoms with Gasteiger partial charge >= 0.3 is 0 Å². The molecule has 0 fully saturated rings. The molecule has 0 aliphatic carbocycles. The SMILES string of the molecule is CC(C)(C)c1ccc2c(c1)c1cc(C(C)(C)C)ccc1n2-c1ccc([Si](c2ccccc2)c2ccccc2)cc1. The van der Waals surface area contributed by atoms with Crippen LogP contribution in [0.25, 0.3) is 27.5 Å². The van der Waals surface area contributed by atoms with E-state index >= 15 is 0 Å². The average Bonchev–Trinajstić information content (AvgIpc) is 3.27. The van der Waals surface area contributed by atoms with Gasteiger partial charge in [0.2, 0.25) is 0 Å². The highest BCUT2D eigenvalue weighted by Crippen LogP contribution is 2.37. The first-order chi connectivity index (χ1) is 19.1. The Hall–Kier alpha value is -3.88. The molecule has 0 bridgehead atoms. The normalized spacial score (nSPS) is 12.5. The summed E-state index contributed by atoms with van der Waals surface area (Å²) in [5.41, 5.74) is 6.66. The maximum Gasteiger partial charge on any atom is 0.154 e. The van der Waals surface area contributed by atoms with Crippen LogP contribution in [0.5, 0.6) is 0 Å². The van der Waals surface area contributed by atoms with Crippen LogP contribution in [-0.2, 0) is 10.8 Å². The third-order valence-electron chi connectivity index (χ3n) is 8.04. The van der Waals surface area contributed by atoms with Crippen LogP contribution in [0.4, 0.5) is 0 Å². The molecule has 1 heterocycles. The van der Waals surface area contributed by atoms with E-state index in [1.165, 1.54) is 54.2 Å². The van der Waals surface area contributed by atoms with Gasteiger partial charge in [0, 0.05) is 16.5 Å². The molecule has 5 aromatic carbocycles. The topological polar surface area (TPSA) is 4.93 Å². The van der Waals surface area contributed by atoms with E-state index in [0.717, 1.165) is 0 Å². The molecule has 1 aromatic heterocycles. The Morgan fingerprint density at radius 3 is 1.25 bits per heavy atom. The number of nitrogens with zero attached hydrogens (tertiary/aromatic N) is 1. The van der Waals surface area contributed by atoms with E-state index in [1.54, 1.807) is 0 Å². The van der Waals surface area contributed by atoms with Gasteiger partial charge in [0.25, 0.3) is 0 Å². The molecule has 1 nitrogen and oxygen atoms in total. The zero-order valence-corrected chi connectivity index (χ0v) is 25.5. The Morgan fingerprint density at radius 1 is 0.450 bits per heavy atom. The smallest absolute Gasteiger partial charge is 0.154 e. The first-order valence-electron chi connectivity index (χ1n) is 14.3. The van der Waals surface area contributed by atoms with Crippen molar-refractivity contribution in [3.05, 3.63) is 132 Å². The van der Waals surface area contributed by atoms with Crippen molar-refractivity contribution in [3.8, 4) is 5.69 Å². The van der Waals surface area contributed by atoms with E-state index in [2.05, 4.69) is 167 Å². The molecule has 40 heavy (non-hydrogen) atoms. The van der Waals surface area contributed by atoms with Crippen LogP contribution in [0.15, 0.2) is 121 Å². The van der Waals surface area contributed by atoms with Gasteiger partial charge in [0.1, 0.15) is 0 Å². The number of rotatable bonds is 4. The lowest BCUT2D eigenvalue weighted by atomic mass is 9.85. The van der Waals surface area contributed by atoms with Crippen LogP contribution in [0, 0.1) is 0 Å². The second-order valence-corrected chi connectivity index (χ2v) is 15.4. The first-order valence-corrected chi connectivity index (χ1v) is 15.8.